The van der Waals surface area contributed by atoms with Crippen LogP contribution in [0.5, 0.6) is 0 Å². The van der Waals surface area contributed by atoms with Crippen LogP contribution in [-0.2, 0) is 4.74 Å². The van der Waals surface area contributed by atoms with Crippen molar-refractivity contribution in [3.8, 4) is 6.07 Å². The number of hydrogen-bond donors (Lipinski definition) is 1. The van der Waals surface area contributed by atoms with Gasteiger partial charge in [0, 0.05) is 6.61 Å². The summed E-state index contributed by atoms with van der Waals surface area (Å²) in [5, 5.41) is 11.4. The number of nitrogens with zero attached hydrogens (tertiary/aromatic N) is 1. The zero-order valence-electron chi connectivity index (χ0n) is 7.97. The number of hydrogen-bond acceptors (Lipinski definition) is 3. The summed E-state index contributed by atoms with van der Waals surface area (Å²) in [6.45, 7) is 3.43. The normalized spacial score (nSPS) is 12.4. The Kier molecular flexibility index (Phi) is 8.09. The highest BCUT2D eigenvalue weighted by molar-refractivity contribution is 4.88. The van der Waals surface area contributed by atoms with Crippen LogP contribution >= 0.6 is 0 Å². The summed E-state index contributed by atoms with van der Waals surface area (Å²) in [6, 6.07) is 1.95. The first-order chi connectivity index (χ1) is 5.85. The largest absolute Gasteiger partial charge is 0.379 e. The quantitative estimate of drug-likeness (QED) is 0.586. The van der Waals surface area contributed by atoms with Crippen molar-refractivity contribution in [2.45, 2.75) is 32.2 Å². The van der Waals surface area contributed by atoms with Gasteiger partial charge in [-0.2, -0.15) is 5.26 Å². The predicted molar refractivity (Wildman–Crippen MR) is 48.8 cm³/mol. The number of nitriles is 1. The zero-order valence-corrected chi connectivity index (χ0v) is 7.97. The van der Waals surface area contributed by atoms with Crippen molar-refractivity contribution in [1.29, 1.82) is 5.26 Å². The maximum atomic E-state index is 8.54. The fourth-order valence-electron chi connectivity index (χ4n) is 0.840. The van der Waals surface area contributed by atoms with Gasteiger partial charge in [-0.15, -0.1) is 0 Å². The molecule has 0 saturated heterocycles. The van der Waals surface area contributed by atoms with Crippen LogP contribution in [-0.4, -0.2) is 26.3 Å². The molecule has 0 aliphatic carbocycles. The molecule has 12 heavy (non-hydrogen) atoms. The lowest BCUT2D eigenvalue weighted by Gasteiger charge is -2.07. The molecule has 1 N–H and O–H groups in total. The van der Waals surface area contributed by atoms with E-state index in [-0.39, 0.29) is 6.04 Å². The number of nitrogens with one attached hydrogen (secondary N) is 1. The molecule has 0 aromatic carbocycles. The van der Waals surface area contributed by atoms with Gasteiger partial charge < -0.3 is 10.1 Å². The van der Waals surface area contributed by atoms with Crippen molar-refractivity contribution in [2.24, 2.45) is 0 Å². The summed E-state index contributed by atoms with van der Waals surface area (Å²) in [5.74, 6) is 0. The average molecular weight is 170 g/mol. The molecular formula is C9H18N2O. The summed E-state index contributed by atoms with van der Waals surface area (Å²) in [4.78, 5) is 0. The Morgan fingerprint density at radius 3 is 2.75 bits per heavy atom. The first-order valence-electron chi connectivity index (χ1n) is 4.49. The van der Waals surface area contributed by atoms with Crippen molar-refractivity contribution in [3.05, 3.63) is 0 Å². The van der Waals surface area contributed by atoms with E-state index in [4.69, 9.17) is 10.00 Å². The van der Waals surface area contributed by atoms with Crippen molar-refractivity contribution >= 4 is 0 Å². The maximum Gasteiger partial charge on any atom is 0.119 e. The summed E-state index contributed by atoms with van der Waals surface area (Å²) in [6.07, 6.45) is 3.51. The van der Waals surface area contributed by atoms with E-state index in [1.165, 1.54) is 12.8 Å². The molecule has 0 aliphatic heterocycles. The lowest BCUT2D eigenvalue weighted by atomic mass is 10.3. The Morgan fingerprint density at radius 2 is 2.25 bits per heavy atom. The molecular weight excluding hydrogens is 152 g/mol. The minimum atomic E-state index is -0.161. The van der Waals surface area contributed by atoms with Crippen LogP contribution in [0.3, 0.4) is 0 Å². The smallest absolute Gasteiger partial charge is 0.119 e. The molecule has 70 valence electrons. The molecule has 3 heteroatoms. The van der Waals surface area contributed by atoms with Gasteiger partial charge in [0.1, 0.15) is 6.04 Å². The molecule has 0 fully saturated rings. The fraction of sp³-hybridized carbons (Fsp3) is 0.889. The van der Waals surface area contributed by atoms with Gasteiger partial charge in [0.2, 0.25) is 0 Å². The third-order valence-corrected chi connectivity index (χ3v) is 1.68. The van der Waals surface area contributed by atoms with E-state index >= 15 is 0 Å². The van der Waals surface area contributed by atoms with Crippen LogP contribution in [0.15, 0.2) is 0 Å². The van der Waals surface area contributed by atoms with Crippen molar-refractivity contribution in [2.75, 3.05) is 20.3 Å². The highest BCUT2D eigenvalue weighted by Crippen LogP contribution is 1.94. The Labute approximate surface area is 74.7 Å². The van der Waals surface area contributed by atoms with Gasteiger partial charge in [-0.05, 0) is 13.5 Å². The van der Waals surface area contributed by atoms with Gasteiger partial charge in [0.05, 0.1) is 12.7 Å². The third kappa shape index (κ3) is 6.14. The van der Waals surface area contributed by atoms with Gasteiger partial charge in [0.25, 0.3) is 0 Å². The SMILES string of the molecule is CCCCCOCC(C#N)NC. The second kappa shape index (κ2) is 8.51. The first kappa shape index (κ1) is 11.4. The Hall–Kier alpha value is -0.590. The van der Waals surface area contributed by atoms with Gasteiger partial charge in [-0.1, -0.05) is 19.8 Å². The van der Waals surface area contributed by atoms with E-state index < -0.39 is 0 Å². The van der Waals surface area contributed by atoms with Crippen LogP contribution in [0.25, 0.3) is 0 Å². The van der Waals surface area contributed by atoms with Crippen LogP contribution in [0.1, 0.15) is 26.2 Å². The second-order valence-corrected chi connectivity index (χ2v) is 2.75. The summed E-state index contributed by atoms with van der Waals surface area (Å²) in [7, 11) is 1.77. The minimum absolute atomic E-state index is 0.161. The van der Waals surface area contributed by atoms with Crippen LogP contribution < -0.4 is 5.32 Å². The lowest BCUT2D eigenvalue weighted by molar-refractivity contribution is 0.121. The summed E-state index contributed by atoms with van der Waals surface area (Å²) >= 11 is 0. The van der Waals surface area contributed by atoms with E-state index in [1.807, 2.05) is 0 Å². The summed E-state index contributed by atoms with van der Waals surface area (Å²) in [5.41, 5.74) is 0. The molecule has 0 spiro atoms. The zero-order chi connectivity index (χ0) is 9.23. The minimum Gasteiger partial charge on any atom is -0.379 e. The van der Waals surface area contributed by atoms with Crippen molar-refractivity contribution < 1.29 is 4.74 Å². The highest BCUT2D eigenvalue weighted by Gasteiger charge is 2.01. The molecule has 3 nitrogen and oxygen atoms in total. The van der Waals surface area contributed by atoms with Gasteiger partial charge in [0.15, 0.2) is 0 Å². The Morgan fingerprint density at radius 1 is 1.50 bits per heavy atom. The third-order valence-electron chi connectivity index (χ3n) is 1.68. The van der Waals surface area contributed by atoms with E-state index in [1.54, 1.807) is 7.05 Å². The fourth-order valence-corrected chi connectivity index (χ4v) is 0.840. The molecule has 1 unspecified atom stereocenters. The molecule has 0 rings (SSSR count). The van der Waals surface area contributed by atoms with E-state index in [2.05, 4.69) is 18.3 Å². The number of rotatable bonds is 7. The van der Waals surface area contributed by atoms with Crippen LogP contribution in [0.2, 0.25) is 0 Å². The molecule has 0 radical (unpaired) electrons. The van der Waals surface area contributed by atoms with E-state index in [9.17, 15) is 0 Å². The summed E-state index contributed by atoms with van der Waals surface area (Å²) < 4.78 is 5.29. The predicted octanol–water partition coefficient (Wildman–Crippen LogP) is 1.30. The van der Waals surface area contributed by atoms with Gasteiger partial charge >= 0.3 is 0 Å². The number of unbranched alkanes of at least 4 members (excludes halogenated alkanes) is 2. The molecule has 0 amide bonds. The average Bonchev–Trinajstić information content (AvgIpc) is 2.11. The van der Waals surface area contributed by atoms with Gasteiger partial charge in [-0.3, -0.25) is 0 Å². The van der Waals surface area contributed by atoms with Crippen LogP contribution in [0.4, 0.5) is 0 Å². The first-order valence-corrected chi connectivity index (χ1v) is 4.49. The molecule has 0 aromatic rings. The lowest BCUT2D eigenvalue weighted by Crippen LogP contribution is -2.28. The molecule has 0 saturated carbocycles. The van der Waals surface area contributed by atoms with Gasteiger partial charge in [-0.25, -0.2) is 0 Å². The van der Waals surface area contributed by atoms with Crippen molar-refractivity contribution in [3.63, 3.8) is 0 Å². The highest BCUT2D eigenvalue weighted by atomic mass is 16.5. The number of ether oxygens (including phenoxy) is 1. The standard InChI is InChI=1S/C9H18N2O/c1-3-4-5-6-12-8-9(7-10)11-2/h9,11H,3-6,8H2,1-2H3. The van der Waals surface area contributed by atoms with Crippen LogP contribution in [0, 0.1) is 11.3 Å². The maximum absolute atomic E-state index is 8.54. The molecule has 0 aliphatic rings. The molecule has 0 aromatic heterocycles. The second-order valence-electron chi connectivity index (χ2n) is 2.75. The van der Waals surface area contributed by atoms with E-state index in [0.717, 1.165) is 13.0 Å². The molecule has 0 heterocycles. The monoisotopic (exact) mass is 170 g/mol. The topological polar surface area (TPSA) is 45.0 Å². The number of likely N-dealkylation sites (N-methyl/N-ethyl adjacent to an activating group) is 1. The Balaban J connectivity index is 3.13. The molecule has 0 bridgehead atoms. The Bertz CT molecular complexity index is 131. The van der Waals surface area contributed by atoms with Crippen molar-refractivity contribution in [1.82, 2.24) is 5.32 Å². The van der Waals surface area contributed by atoms with E-state index in [0.29, 0.717) is 6.61 Å². The molecule has 1 atom stereocenters.